The summed E-state index contributed by atoms with van der Waals surface area (Å²) in [5.74, 6) is -0.398. The maximum atomic E-state index is 12.8. The van der Waals surface area contributed by atoms with Crippen molar-refractivity contribution in [1.82, 2.24) is 0 Å². The minimum Gasteiger partial charge on any atom is -0.469 e. The summed E-state index contributed by atoms with van der Waals surface area (Å²) in [6.07, 6.45) is 0. The number of hydrogen-bond donors (Lipinski definition) is 0. The van der Waals surface area contributed by atoms with Crippen molar-refractivity contribution in [2.24, 2.45) is 0 Å². The number of carbonyl (C=O) groups excluding carboxylic acids is 1. The van der Waals surface area contributed by atoms with Crippen molar-refractivity contribution in [3.05, 3.63) is 95.6 Å². The molecule has 2 nitrogen and oxygen atoms in total. The third-order valence-corrected chi connectivity index (χ3v) is 6.33. The van der Waals surface area contributed by atoms with Crippen LogP contribution >= 0.6 is 0 Å². The van der Waals surface area contributed by atoms with Crippen molar-refractivity contribution in [2.75, 3.05) is 7.11 Å². The lowest BCUT2D eigenvalue weighted by molar-refractivity contribution is -0.143. The third-order valence-electron chi connectivity index (χ3n) is 6.33. The van der Waals surface area contributed by atoms with Gasteiger partial charge in [-0.3, -0.25) is 4.79 Å². The molecule has 0 amide bonds. The van der Waals surface area contributed by atoms with Crippen LogP contribution in [-0.2, 0) is 9.53 Å². The van der Waals surface area contributed by atoms with Gasteiger partial charge in [0.25, 0.3) is 0 Å². The van der Waals surface area contributed by atoms with Gasteiger partial charge in [-0.2, -0.15) is 0 Å². The molecule has 0 aromatic heterocycles. The topological polar surface area (TPSA) is 26.3 Å². The van der Waals surface area contributed by atoms with Gasteiger partial charge in [-0.05, 0) is 49.0 Å². The standard InChI is InChI=1S/C26H18O2/c1-28-26(27)25-22(15-7-3-2-4-8-15)23-18-11-5-9-16-13-14-17-10-6-12-19(24(23)25)21(17)20(16)18/h2-14,22,25H,1H3/t22-,25+/m1/s1. The van der Waals surface area contributed by atoms with Gasteiger partial charge in [-0.15, -0.1) is 0 Å². The predicted octanol–water partition coefficient (Wildman–Crippen LogP) is 5.99. The first kappa shape index (κ1) is 15.6. The molecule has 6 rings (SSSR count). The van der Waals surface area contributed by atoms with Crippen molar-refractivity contribution in [3.8, 4) is 0 Å². The Morgan fingerprint density at radius 2 is 1.32 bits per heavy atom. The van der Waals surface area contributed by atoms with Crippen molar-refractivity contribution in [3.63, 3.8) is 0 Å². The van der Waals surface area contributed by atoms with E-state index >= 15 is 0 Å². The Morgan fingerprint density at radius 1 is 0.714 bits per heavy atom. The Hall–Kier alpha value is -3.39. The summed E-state index contributed by atoms with van der Waals surface area (Å²) in [4.78, 5) is 12.8. The zero-order chi connectivity index (χ0) is 18.8. The molecular weight excluding hydrogens is 344 g/mol. The second-order valence-electron chi connectivity index (χ2n) is 7.59. The fraction of sp³-hybridized carbons (Fsp3) is 0.115. The lowest BCUT2D eigenvalue weighted by Crippen LogP contribution is -2.33. The van der Waals surface area contributed by atoms with Crippen LogP contribution in [0.25, 0.3) is 32.3 Å². The molecule has 0 heterocycles. The molecule has 0 saturated carbocycles. The molecule has 0 radical (unpaired) electrons. The number of fused-ring (bicyclic) bond motifs is 3. The quantitative estimate of drug-likeness (QED) is 0.285. The van der Waals surface area contributed by atoms with Crippen LogP contribution in [0, 0.1) is 0 Å². The molecule has 0 fully saturated rings. The Kier molecular flexibility index (Phi) is 3.10. The zero-order valence-electron chi connectivity index (χ0n) is 15.5. The van der Waals surface area contributed by atoms with Crippen molar-refractivity contribution >= 4 is 38.3 Å². The Morgan fingerprint density at radius 3 is 1.93 bits per heavy atom. The van der Waals surface area contributed by atoms with Crippen LogP contribution in [0.3, 0.4) is 0 Å². The second-order valence-corrected chi connectivity index (χ2v) is 7.59. The van der Waals surface area contributed by atoms with Gasteiger partial charge in [-0.25, -0.2) is 0 Å². The summed E-state index contributed by atoms with van der Waals surface area (Å²) in [5.41, 5.74) is 3.58. The second kappa shape index (κ2) is 5.56. The van der Waals surface area contributed by atoms with E-state index in [9.17, 15) is 4.79 Å². The Balaban J connectivity index is 1.81. The number of benzene rings is 5. The number of hydrogen-bond acceptors (Lipinski definition) is 2. The first-order chi connectivity index (χ1) is 13.8. The maximum Gasteiger partial charge on any atom is 0.314 e. The fourth-order valence-electron chi connectivity index (χ4n) is 5.20. The van der Waals surface area contributed by atoms with E-state index in [0.717, 1.165) is 5.56 Å². The van der Waals surface area contributed by atoms with E-state index in [2.05, 4.69) is 60.7 Å². The maximum absolute atomic E-state index is 12.8. The van der Waals surface area contributed by atoms with Crippen LogP contribution in [0.1, 0.15) is 28.5 Å². The van der Waals surface area contributed by atoms with E-state index in [-0.39, 0.29) is 17.8 Å². The van der Waals surface area contributed by atoms with Gasteiger partial charge in [0.05, 0.1) is 13.0 Å². The van der Waals surface area contributed by atoms with Crippen molar-refractivity contribution in [2.45, 2.75) is 11.8 Å². The number of carbonyl (C=O) groups is 1. The SMILES string of the molecule is COC(=O)[C@@H]1c2c(c3cccc4ccc5cccc2c5c43)[C@H]1c1ccccc1. The van der Waals surface area contributed by atoms with Crippen LogP contribution < -0.4 is 0 Å². The summed E-state index contributed by atoms with van der Waals surface area (Å²) < 4.78 is 5.24. The Bertz CT molecular complexity index is 1370. The molecule has 5 aromatic carbocycles. The van der Waals surface area contributed by atoms with E-state index in [4.69, 9.17) is 4.74 Å². The monoisotopic (exact) mass is 362 g/mol. The minimum atomic E-state index is -0.267. The van der Waals surface area contributed by atoms with Crippen LogP contribution in [-0.4, -0.2) is 13.1 Å². The molecule has 0 aliphatic heterocycles. The highest BCUT2D eigenvalue weighted by atomic mass is 16.5. The normalized spacial score (nSPS) is 18.3. The Labute approximate surface area is 162 Å². The average Bonchev–Trinajstić information content (AvgIpc) is 2.73. The molecular formula is C26H18O2. The van der Waals surface area contributed by atoms with Gasteiger partial charge >= 0.3 is 5.97 Å². The summed E-state index contributed by atoms with van der Waals surface area (Å²) in [6, 6.07) is 27.6. The third kappa shape index (κ3) is 1.85. The van der Waals surface area contributed by atoms with Gasteiger partial charge in [0, 0.05) is 5.92 Å². The molecule has 0 unspecified atom stereocenters. The summed E-state index contributed by atoms with van der Waals surface area (Å²) in [7, 11) is 1.49. The number of methoxy groups -OCH3 is 1. The molecule has 1 aliphatic rings. The highest BCUT2D eigenvalue weighted by Crippen LogP contribution is 2.57. The summed E-state index contributed by atoms with van der Waals surface area (Å²) >= 11 is 0. The smallest absolute Gasteiger partial charge is 0.314 e. The first-order valence-electron chi connectivity index (χ1n) is 9.61. The predicted molar refractivity (Wildman–Crippen MR) is 113 cm³/mol. The number of esters is 1. The minimum absolute atomic E-state index is 0.0258. The van der Waals surface area contributed by atoms with Gasteiger partial charge in [0.1, 0.15) is 0 Å². The van der Waals surface area contributed by atoms with E-state index in [1.54, 1.807) is 0 Å². The largest absolute Gasteiger partial charge is 0.469 e. The van der Waals surface area contributed by atoms with Gasteiger partial charge < -0.3 is 4.74 Å². The van der Waals surface area contributed by atoms with E-state index in [1.165, 1.54) is 50.6 Å². The fourth-order valence-corrected chi connectivity index (χ4v) is 5.20. The summed E-state index contributed by atoms with van der Waals surface area (Å²) in [5, 5.41) is 7.46. The van der Waals surface area contributed by atoms with Crippen LogP contribution in [0.2, 0.25) is 0 Å². The average molecular weight is 362 g/mol. The van der Waals surface area contributed by atoms with Gasteiger partial charge in [0.15, 0.2) is 0 Å². The van der Waals surface area contributed by atoms with E-state index in [0.29, 0.717) is 0 Å². The van der Waals surface area contributed by atoms with Gasteiger partial charge in [0.2, 0.25) is 0 Å². The molecule has 0 saturated heterocycles. The molecule has 0 spiro atoms. The molecule has 28 heavy (non-hydrogen) atoms. The van der Waals surface area contributed by atoms with Crippen LogP contribution in [0.15, 0.2) is 78.9 Å². The molecule has 2 heteroatoms. The lowest BCUT2D eigenvalue weighted by Gasteiger charge is -2.41. The summed E-state index contributed by atoms with van der Waals surface area (Å²) in [6.45, 7) is 0. The van der Waals surface area contributed by atoms with Gasteiger partial charge in [-0.1, -0.05) is 78.9 Å². The molecule has 134 valence electrons. The van der Waals surface area contributed by atoms with E-state index < -0.39 is 0 Å². The highest BCUT2D eigenvalue weighted by molar-refractivity contribution is 6.26. The molecule has 5 aromatic rings. The van der Waals surface area contributed by atoms with Crippen LogP contribution in [0.4, 0.5) is 0 Å². The van der Waals surface area contributed by atoms with Crippen LogP contribution in [0.5, 0.6) is 0 Å². The number of rotatable bonds is 2. The zero-order valence-corrected chi connectivity index (χ0v) is 15.5. The lowest BCUT2D eigenvalue weighted by atomic mass is 9.61. The molecule has 1 aliphatic carbocycles. The molecule has 0 bridgehead atoms. The first-order valence-corrected chi connectivity index (χ1v) is 9.61. The van der Waals surface area contributed by atoms with E-state index in [1.807, 2.05) is 18.2 Å². The van der Waals surface area contributed by atoms with Crippen molar-refractivity contribution in [1.29, 1.82) is 0 Å². The highest BCUT2D eigenvalue weighted by Gasteiger charge is 2.46. The van der Waals surface area contributed by atoms with Crippen molar-refractivity contribution < 1.29 is 9.53 Å². The molecule has 0 N–H and O–H groups in total. The molecule has 2 atom stereocenters. The number of ether oxygens (including phenoxy) is 1.